The van der Waals surface area contributed by atoms with E-state index in [0.29, 0.717) is 0 Å². The Morgan fingerprint density at radius 2 is 1.67 bits per heavy atom. The van der Waals surface area contributed by atoms with Gasteiger partial charge in [0.1, 0.15) is 5.82 Å². The average molecular weight is 208 g/mol. The van der Waals surface area contributed by atoms with Crippen LogP contribution in [0.1, 0.15) is 63.9 Å². The highest BCUT2D eigenvalue weighted by Crippen LogP contribution is 2.07. The number of H-pyrrole nitrogens is 1. The fourth-order valence-corrected chi connectivity index (χ4v) is 1.77. The molecular weight excluding hydrogens is 184 g/mol. The van der Waals surface area contributed by atoms with Crippen molar-refractivity contribution in [3.8, 4) is 0 Å². The molecule has 86 valence electrons. The lowest BCUT2D eigenvalue weighted by Crippen LogP contribution is -1.90. The Morgan fingerprint density at radius 3 is 2.33 bits per heavy atom. The highest BCUT2D eigenvalue weighted by Gasteiger charge is 1.99. The molecule has 1 aromatic heterocycles. The van der Waals surface area contributed by atoms with Gasteiger partial charge in [0.25, 0.3) is 0 Å². The zero-order valence-electron chi connectivity index (χ0n) is 10.2. The van der Waals surface area contributed by atoms with E-state index in [1.165, 1.54) is 50.0 Å². The summed E-state index contributed by atoms with van der Waals surface area (Å²) in [6, 6.07) is 0. The fraction of sp³-hybridized carbons (Fsp3) is 0.769. The van der Waals surface area contributed by atoms with E-state index in [4.69, 9.17) is 0 Å². The SMILES string of the molecule is CCCCCc1cnc(CCCCC)[nH]1. The lowest BCUT2D eigenvalue weighted by Gasteiger charge is -1.97. The fourth-order valence-electron chi connectivity index (χ4n) is 1.77. The lowest BCUT2D eigenvalue weighted by atomic mass is 10.2. The number of unbranched alkanes of at least 4 members (excludes halogenated alkanes) is 4. The first kappa shape index (κ1) is 12.3. The van der Waals surface area contributed by atoms with Crippen LogP contribution >= 0.6 is 0 Å². The van der Waals surface area contributed by atoms with Crippen LogP contribution in [0.2, 0.25) is 0 Å². The Morgan fingerprint density at radius 1 is 1.00 bits per heavy atom. The third-order valence-electron chi connectivity index (χ3n) is 2.75. The van der Waals surface area contributed by atoms with Gasteiger partial charge in [-0.05, 0) is 19.3 Å². The number of aromatic nitrogens is 2. The first-order chi connectivity index (χ1) is 7.36. The van der Waals surface area contributed by atoms with Crippen molar-refractivity contribution in [2.45, 2.75) is 65.2 Å². The topological polar surface area (TPSA) is 28.7 Å². The number of nitrogens with one attached hydrogen (secondary N) is 1. The Kier molecular flexibility index (Phi) is 6.14. The second kappa shape index (κ2) is 7.49. The number of aryl methyl sites for hydroxylation is 2. The van der Waals surface area contributed by atoms with Crippen molar-refractivity contribution in [3.05, 3.63) is 17.7 Å². The molecule has 0 saturated carbocycles. The summed E-state index contributed by atoms with van der Waals surface area (Å²) in [4.78, 5) is 7.83. The summed E-state index contributed by atoms with van der Waals surface area (Å²) in [5.41, 5.74) is 1.31. The van der Waals surface area contributed by atoms with Crippen LogP contribution in [0, 0.1) is 0 Å². The molecule has 1 rings (SSSR count). The molecule has 0 unspecified atom stereocenters. The summed E-state index contributed by atoms with van der Waals surface area (Å²) in [6.07, 6.45) is 12.0. The molecule has 1 N–H and O–H groups in total. The Bertz CT molecular complexity index is 228. The summed E-state index contributed by atoms with van der Waals surface area (Å²) in [6.45, 7) is 4.47. The largest absolute Gasteiger partial charge is 0.346 e. The van der Waals surface area contributed by atoms with Crippen LogP contribution in [0.4, 0.5) is 0 Å². The van der Waals surface area contributed by atoms with Gasteiger partial charge in [-0.2, -0.15) is 0 Å². The van der Waals surface area contributed by atoms with Gasteiger partial charge in [-0.3, -0.25) is 0 Å². The van der Waals surface area contributed by atoms with Gasteiger partial charge in [0.15, 0.2) is 0 Å². The van der Waals surface area contributed by atoms with Crippen molar-refractivity contribution in [3.63, 3.8) is 0 Å². The smallest absolute Gasteiger partial charge is 0.106 e. The second-order valence-electron chi connectivity index (χ2n) is 4.27. The van der Waals surface area contributed by atoms with Gasteiger partial charge in [-0.25, -0.2) is 4.98 Å². The molecule has 0 fully saturated rings. The van der Waals surface area contributed by atoms with E-state index in [9.17, 15) is 0 Å². The summed E-state index contributed by atoms with van der Waals surface area (Å²) in [5.74, 6) is 1.18. The molecule has 0 saturated heterocycles. The zero-order valence-corrected chi connectivity index (χ0v) is 10.2. The van der Waals surface area contributed by atoms with Crippen LogP contribution in [0.15, 0.2) is 6.20 Å². The first-order valence-corrected chi connectivity index (χ1v) is 6.39. The van der Waals surface area contributed by atoms with Gasteiger partial charge >= 0.3 is 0 Å². The van der Waals surface area contributed by atoms with Gasteiger partial charge in [0.05, 0.1) is 0 Å². The Hall–Kier alpha value is -0.790. The number of hydrogen-bond donors (Lipinski definition) is 1. The zero-order chi connectivity index (χ0) is 10.9. The van der Waals surface area contributed by atoms with Crippen LogP contribution in [0.3, 0.4) is 0 Å². The van der Waals surface area contributed by atoms with Crippen molar-refractivity contribution < 1.29 is 0 Å². The van der Waals surface area contributed by atoms with Crippen molar-refractivity contribution in [1.29, 1.82) is 0 Å². The minimum Gasteiger partial charge on any atom is -0.346 e. The van der Waals surface area contributed by atoms with Crippen molar-refractivity contribution in [2.24, 2.45) is 0 Å². The Labute approximate surface area is 93.5 Å². The molecule has 0 radical (unpaired) electrons. The van der Waals surface area contributed by atoms with Crippen molar-refractivity contribution >= 4 is 0 Å². The predicted molar refractivity (Wildman–Crippen MR) is 65.0 cm³/mol. The number of imidazole rings is 1. The van der Waals surface area contributed by atoms with E-state index >= 15 is 0 Å². The number of hydrogen-bond acceptors (Lipinski definition) is 1. The van der Waals surface area contributed by atoms with Crippen LogP contribution in [-0.4, -0.2) is 9.97 Å². The molecule has 2 heteroatoms. The first-order valence-electron chi connectivity index (χ1n) is 6.39. The van der Waals surface area contributed by atoms with Gasteiger partial charge < -0.3 is 4.98 Å². The molecule has 1 aromatic rings. The molecule has 0 bridgehead atoms. The summed E-state index contributed by atoms with van der Waals surface area (Å²) in [7, 11) is 0. The minimum absolute atomic E-state index is 1.11. The van der Waals surface area contributed by atoms with E-state index in [1.54, 1.807) is 0 Å². The molecule has 0 atom stereocenters. The molecule has 0 spiro atoms. The molecule has 1 heterocycles. The quantitative estimate of drug-likeness (QED) is 0.645. The van der Waals surface area contributed by atoms with E-state index in [2.05, 4.69) is 23.8 Å². The van der Waals surface area contributed by atoms with Gasteiger partial charge in [-0.1, -0.05) is 39.5 Å². The van der Waals surface area contributed by atoms with Gasteiger partial charge in [0.2, 0.25) is 0 Å². The molecule has 0 aliphatic carbocycles. The molecule has 15 heavy (non-hydrogen) atoms. The Balaban J connectivity index is 2.23. The molecule has 2 nitrogen and oxygen atoms in total. The second-order valence-corrected chi connectivity index (χ2v) is 4.27. The minimum atomic E-state index is 1.11. The van der Waals surface area contributed by atoms with Gasteiger partial charge in [-0.15, -0.1) is 0 Å². The van der Waals surface area contributed by atoms with Crippen LogP contribution in [0.5, 0.6) is 0 Å². The van der Waals surface area contributed by atoms with Crippen LogP contribution in [-0.2, 0) is 12.8 Å². The summed E-state index contributed by atoms with van der Waals surface area (Å²) >= 11 is 0. The molecule has 0 aliphatic rings. The van der Waals surface area contributed by atoms with Crippen molar-refractivity contribution in [2.75, 3.05) is 0 Å². The van der Waals surface area contributed by atoms with E-state index in [1.807, 2.05) is 6.20 Å². The average Bonchev–Trinajstić information content (AvgIpc) is 2.67. The molecule has 0 aliphatic heterocycles. The highest BCUT2D eigenvalue weighted by molar-refractivity contribution is 5.01. The van der Waals surface area contributed by atoms with Crippen LogP contribution < -0.4 is 0 Å². The number of nitrogens with zero attached hydrogens (tertiary/aromatic N) is 1. The standard InChI is InChI=1S/C13H24N2/c1-3-5-7-9-12-11-14-13(15-12)10-8-6-4-2/h11H,3-10H2,1-2H3,(H,14,15). The number of aromatic amines is 1. The summed E-state index contributed by atoms with van der Waals surface area (Å²) < 4.78 is 0. The highest BCUT2D eigenvalue weighted by atomic mass is 14.9. The van der Waals surface area contributed by atoms with E-state index in [-0.39, 0.29) is 0 Å². The third kappa shape index (κ3) is 5.01. The predicted octanol–water partition coefficient (Wildman–Crippen LogP) is 3.88. The maximum atomic E-state index is 4.41. The van der Waals surface area contributed by atoms with E-state index < -0.39 is 0 Å². The number of rotatable bonds is 8. The summed E-state index contributed by atoms with van der Waals surface area (Å²) in [5, 5.41) is 0. The van der Waals surface area contributed by atoms with E-state index in [0.717, 1.165) is 12.8 Å². The molecule has 0 amide bonds. The lowest BCUT2D eigenvalue weighted by molar-refractivity contribution is 0.690. The maximum Gasteiger partial charge on any atom is 0.106 e. The third-order valence-corrected chi connectivity index (χ3v) is 2.75. The normalized spacial score (nSPS) is 10.8. The molecular formula is C13H24N2. The van der Waals surface area contributed by atoms with Gasteiger partial charge in [0, 0.05) is 18.3 Å². The van der Waals surface area contributed by atoms with Crippen molar-refractivity contribution in [1.82, 2.24) is 9.97 Å². The van der Waals surface area contributed by atoms with Crippen LogP contribution in [0.25, 0.3) is 0 Å². The monoisotopic (exact) mass is 208 g/mol. The molecule has 0 aromatic carbocycles. The maximum absolute atomic E-state index is 4.41.